The molecule has 9 heteroatoms. The van der Waals surface area contributed by atoms with Crippen LogP contribution in [0.4, 0.5) is 0 Å². The maximum Gasteiger partial charge on any atom is 0.335 e. The van der Waals surface area contributed by atoms with Crippen LogP contribution >= 0.6 is 0 Å². The van der Waals surface area contributed by atoms with Crippen molar-refractivity contribution in [2.24, 2.45) is 5.10 Å². The number of aromatic nitrogens is 3. The Morgan fingerprint density at radius 1 is 1.19 bits per heavy atom. The fourth-order valence-corrected chi connectivity index (χ4v) is 2.19. The highest BCUT2D eigenvalue weighted by Crippen LogP contribution is 2.14. The molecule has 0 spiro atoms. The van der Waals surface area contributed by atoms with Gasteiger partial charge in [-0.05, 0) is 24.3 Å². The number of amides is 1. The van der Waals surface area contributed by atoms with Crippen LogP contribution in [0.5, 0.6) is 5.88 Å². The highest BCUT2D eigenvalue weighted by Gasteiger charge is 2.14. The van der Waals surface area contributed by atoms with E-state index in [1.165, 1.54) is 18.5 Å². The number of para-hydroxylation sites is 1. The Balaban J connectivity index is 1.92. The zero-order chi connectivity index (χ0) is 18.5. The van der Waals surface area contributed by atoms with Gasteiger partial charge in [0.1, 0.15) is 5.56 Å². The predicted molar refractivity (Wildman–Crippen MR) is 93.6 cm³/mol. The number of hydrazone groups is 1. The number of nitrogens with zero attached hydrogens (tertiary/aromatic N) is 3. The second kappa shape index (κ2) is 7.26. The lowest BCUT2D eigenvalue weighted by Crippen LogP contribution is -2.31. The van der Waals surface area contributed by atoms with Crippen LogP contribution in [0, 0.1) is 0 Å². The molecule has 3 N–H and O–H groups in total. The van der Waals surface area contributed by atoms with Gasteiger partial charge in [0.05, 0.1) is 17.5 Å². The number of carbonyl (C=O) groups is 1. The summed E-state index contributed by atoms with van der Waals surface area (Å²) >= 11 is 0. The smallest absolute Gasteiger partial charge is 0.335 e. The van der Waals surface area contributed by atoms with E-state index < -0.39 is 23.0 Å². The van der Waals surface area contributed by atoms with Crippen LogP contribution in [0.1, 0.15) is 15.9 Å². The molecule has 130 valence electrons. The molecular weight excluding hydrogens is 338 g/mol. The number of hydrogen-bond donors (Lipinski definition) is 3. The van der Waals surface area contributed by atoms with Gasteiger partial charge in [-0.25, -0.2) is 14.8 Å². The minimum absolute atomic E-state index is 0.275. The van der Waals surface area contributed by atoms with Crippen LogP contribution in [-0.4, -0.2) is 31.8 Å². The summed E-state index contributed by atoms with van der Waals surface area (Å²) in [5.41, 5.74) is 0.943. The van der Waals surface area contributed by atoms with Crippen molar-refractivity contribution in [2.45, 2.75) is 0 Å². The summed E-state index contributed by atoms with van der Waals surface area (Å²) < 4.78 is 0.922. The van der Waals surface area contributed by atoms with Gasteiger partial charge in [-0.1, -0.05) is 18.2 Å². The Bertz CT molecular complexity index is 1070. The number of H-pyrrole nitrogens is 1. The Kier molecular flexibility index (Phi) is 4.70. The topological polar surface area (TPSA) is 129 Å². The molecule has 0 bridgehead atoms. The van der Waals surface area contributed by atoms with E-state index in [-0.39, 0.29) is 11.1 Å². The molecule has 0 saturated heterocycles. The largest absolute Gasteiger partial charge is 0.493 e. The lowest BCUT2D eigenvalue weighted by molar-refractivity contribution is 0.0954. The van der Waals surface area contributed by atoms with Gasteiger partial charge in [0.2, 0.25) is 5.88 Å². The van der Waals surface area contributed by atoms with Crippen molar-refractivity contribution in [1.29, 1.82) is 0 Å². The molecule has 2 aromatic heterocycles. The number of aromatic hydroxyl groups is 1. The quantitative estimate of drug-likeness (QED) is 0.462. The van der Waals surface area contributed by atoms with Crippen LogP contribution in [0.15, 0.2) is 69.5 Å². The lowest BCUT2D eigenvalue weighted by Gasteiger charge is -2.09. The first-order valence-corrected chi connectivity index (χ1v) is 7.45. The fourth-order valence-electron chi connectivity index (χ4n) is 2.19. The van der Waals surface area contributed by atoms with Gasteiger partial charge < -0.3 is 5.11 Å². The number of benzene rings is 1. The van der Waals surface area contributed by atoms with Crippen LogP contribution in [0.25, 0.3) is 5.69 Å². The molecule has 0 atom stereocenters. The molecule has 0 aliphatic rings. The molecular formula is C17H13N5O4. The Labute approximate surface area is 146 Å². The predicted octanol–water partition coefficient (Wildman–Crippen LogP) is 0.390. The molecule has 2 heterocycles. The van der Waals surface area contributed by atoms with Crippen LogP contribution in [-0.2, 0) is 0 Å². The summed E-state index contributed by atoms with van der Waals surface area (Å²) in [4.78, 5) is 41.7. The van der Waals surface area contributed by atoms with Crippen LogP contribution < -0.4 is 16.7 Å². The number of hydrogen-bond acceptors (Lipinski definition) is 6. The normalized spacial score (nSPS) is 10.8. The van der Waals surface area contributed by atoms with Gasteiger partial charge in [-0.2, -0.15) is 5.10 Å². The molecule has 3 aromatic rings. The molecule has 0 unspecified atom stereocenters. The van der Waals surface area contributed by atoms with Crippen molar-refractivity contribution in [3.63, 3.8) is 0 Å². The molecule has 1 amide bonds. The Morgan fingerprint density at radius 2 is 1.96 bits per heavy atom. The molecule has 3 rings (SSSR count). The third-order valence-electron chi connectivity index (χ3n) is 3.42. The first-order chi connectivity index (χ1) is 12.6. The van der Waals surface area contributed by atoms with E-state index in [4.69, 9.17) is 0 Å². The third-order valence-corrected chi connectivity index (χ3v) is 3.42. The first kappa shape index (κ1) is 16.8. The summed E-state index contributed by atoms with van der Waals surface area (Å²) in [7, 11) is 0. The number of pyridine rings is 1. The Morgan fingerprint density at radius 3 is 2.65 bits per heavy atom. The SMILES string of the molecule is O=C(NN=Cc1c(O)n(-c2ccccc2)c(=O)[nH]c1=O)c1cccnc1. The van der Waals surface area contributed by atoms with E-state index in [0.29, 0.717) is 5.69 Å². The fraction of sp³-hybridized carbons (Fsp3) is 0. The number of nitrogens with one attached hydrogen (secondary N) is 2. The van der Waals surface area contributed by atoms with Gasteiger partial charge in [-0.15, -0.1) is 0 Å². The van der Waals surface area contributed by atoms with E-state index in [1.54, 1.807) is 36.4 Å². The molecule has 1 aromatic carbocycles. The average molecular weight is 351 g/mol. The summed E-state index contributed by atoms with van der Waals surface area (Å²) in [5, 5.41) is 14.0. The van der Waals surface area contributed by atoms with E-state index in [1.807, 2.05) is 0 Å². The van der Waals surface area contributed by atoms with Gasteiger partial charge >= 0.3 is 5.69 Å². The molecule has 0 radical (unpaired) electrons. The van der Waals surface area contributed by atoms with Crippen LogP contribution in [0.2, 0.25) is 0 Å². The van der Waals surface area contributed by atoms with Gasteiger partial charge in [-0.3, -0.25) is 19.6 Å². The maximum absolute atomic E-state index is 12.0. The maximum atomic E-state index is 12.0. The number of aromatic amines is 1. The molecule has 0 aliphatic heterocycles. The molecule has 9 nitrogen and oxygen atoms in total. The van der Waals surface area contributed by atoms with Gasteiger partial charge in [0, 0.05) is 12.4 Å². The van der Waals surface area contributed by atoms with Crippen molar-refractivity contribution in [3.8, 4) is 11.6 Å². The van der Waals surface area contributed by atoms with E-state index >= 15 is 0 Å². The van der Waals surface area contributed by atoms with Gasteiger partial charge in [0.15, 0.2) is 0 Å². The molecule has 0 fully saturated rings. The van der Waals surface area contributed by atoms with Gasteiger partial charge in [0.25, 0.3) is 11.5 Å². The highest BCUT2D eigenvalue weighted by molar-refractivity contribution is 5.94. The van der Waals surface area contributed by atoms with Crippen molar-refractivity contribution < 1.29 is 9.90 Å². The molecule has 0 aliphatic carbocycles. The van der Waals surface area contributed by atoms with E-state index in [2.05, 4.69) is 20.5 Å². The minimum atomic E-state index is -0.834. The highest BCUT2D eigenvalue weighted by atomic mass is 16.3. The van der Waals surface area contributed by atoms with Crippen molar-refractivity contribution in [2.75, 3.05) is 0 Å². The third kappa shape index (κ3) is 3.41. The van der Waals surface area contributed by atoms with Crippen LogP contribution in [0.3, 0.4) is 0 Å². The minimum Gasteiger partial charge on any atom is -0.493 e. The number of rotatable bonds is 4. The lowest BCUT2D eigenvalue weighted by atomic mass is 10.3. The zero-order valence-electron chi connectivity index (χ0n) is 13.3. The first-order valence-electron chi connectivity index (χ1n) is 7.45. The van der Waals surface area contributed by atoms with Crippen molar-refractivity contribution in [3.05, 3.63) is 86.8 Å². The standard InChI is InChI=1S/C17H13N5O4/c23-14(11-5-4-8-18-9-11)21-19-10-13-15(24)20-17(26)22(16(13)25)12-6-2-1-3-7-12/h1-10,25H,(H,21,23)(H,20,24,26). The van der Waals surface area contributed by atoms with Crippen molar-refractivity contribution >= 4 is 12.1 Å². The summed E-state index contributed by atoms with van der Waals surface area (Å²) in [6, 6.07) is 11.4. The summed E-state index contributed by atoms with van der Waals surface area (Å²) in [6.45, 7) is 0. The van der Waals surface area contributed by atoms with Crippen molar-refractivity contribution in [1.82, 2.24) is 20.0 Å². The van der Waals surface area contributed by atoms with E-state index in [0.717, 1.165) is 10.8 Å². The Hall–Kier alpha value is -4.01. The number of carbonyl (C=O) groups excluding carboxylic acids is 1. The monoisotopic (exact) mass is 351 g/mol. The average Bonchev–Trinajstić information content (AvgIpc) is 2.65. The zero-order valence-corrected chi connectivity index (χ0v) is 13.3. The summed E-state index contributed by atoms with van der Waals surface area (Å²) in [6.07, 6.45) is 3.83. The second-order valence-electron chi connectivity index (χ2n) is 5.11. The van der Waals surface area contributed by atoms with E-state index in [9.17, 15) is 19.5 Å². The molecule has 26 heavy (non-hydrogen) atoms. The second-order valence-corrected chi connectivity index (χ2v) is 5.11. The summed E-state index contributed by atoms with van der Waals surface area (Å²) in [5.74, 6) is -1.13. The molecule has 0 saturated carbocycles.